The molecular weight excluding hydrogens is 429 g/mol. The Labute approximate surface area is 183 Å². The Bertz CT molecular complexity index is 849. The molecule has 1 aliphatic heterocycles. The molecule has 2 fully saturated rings. The number of halogens is 2. The number of benzene rings is 1. The second-order valence-corrected chi connectivity index (χ2v) is 10.8. The summed E-state index contributed by atoms with van der Waals surface area (Å²) in [5.41, 5.74) is 0. The van der Waals surface area contributed by atoms with Gasteiger partial charge in [-0.2, -0.15) is 0 Å². The van der Waals surface area contributed by atoms with Crippen LogP contribution in [0.2, 0.25) is 5.02 Å². The van der Waals surface area contributed by atoms with Crippen molar-refractivity contribution in [1.82, 2.24) is 14.5 Å². The van der Waals surface area contributed by atoms with Crippen LogP contribution in [-0.2, 0) is 14.8 Å². The number of amides is 1. The van der Waals surface area contributed by atoms with Crippen LogP contribution in [0.25, 0.3) is 0 Å². The molecular formula is C21H31ClFN3O3S. The topological polar surface area (TPSA) is 69.7 Å². The number of rotatable bonds is 6. The molecule has 1 aliphatic carbocycles. The lowest BCUT2D eigenvalue weighted by atomic mass is 9.81. The molecule has 2 aliphatic rings. The fourth-order valence-corrected chi connectivity index (χ4v) is 5.67. The summed E-state index contributed by atoms with van der Waals surface area (Å²) in [5.74, 6) is -0.167. The molecule has 1 heterocycles. The van der Waals surface area contributed by atoms with Gasteiger partial charge in [-0.05, 0) is 63.6 Å². The first kappa shape index (κ1) is 23.4. The highest BCUT2D eigenvalue weighted by Crippen LogP contribution is 2.30. The monoisotopic (exact) mass is 459 g/mol. The van der Waals surface area contributed by atoms with E-state index in [1.165, 1.54) is 6.07 Å². The summed E-state index contributed by atoms with van der Waals surface area (Å²) in [6, 6.07) is 3.88. The first-order valence-electron chi connectivity index (χ1n) is 10.6. The van der Waals surface area contributed by atoms with Crippen molar-refractivity contribution < 1.29 is 17.6 Å². The van der Waals surface area contributed by atoms with Crippen molar-refractivity contribution in [3.8, 4) is 0 Å². The quantitative estimate of drug-likeness (QED) is 0.709. The second kappa shape index (κ2) is 9.94. The first-order chi connectivity index (χ1) is 14.2. The van der Waals surface area contributed by atoms with E-state index in [0.29, 0.717) is 12.6 Å². The molecule has 30 heavy (non-hydrogen) atoms. The van der Waals surface area contributed by atoms with E-state index in [4.69, 9.17) is 11.6 Å². The molecule has 0 unspecified atom stereocenters. The normalized spacial score (nSPS) is 23.7. The van der Waals surface area contributed by atoms with Gasteiger partial charge in [0.2, 0.25) is 15.9 Å². The third-order valence-corrected chi connectivity index (χ3v) is 8.03. The van der Waals surface area contributed by atoms with E-state index < -0.39 is 15.8 Å². The number of carbonyl (C=O) groups is 1. The zero-order valence-corrected chi connectivity index (χ0v) is 19.2. The van der Waals surface area contributed by atoms with Gasteiger partial charge in [-0.1, -0.05) is 11.6 Å². The van der Waals surface area contributed by atoms with E-state index in [-0.39, 0.29) is 27.7 Å². The summed E-state index contributed by atoms with van der Waals surface area (Å²) in [7, 11) is -3.74. The van der Waals surface area contributed by atoms with Crippen LogP contribution in [0, 0.1) is 17.7 Å². The molecule has 1 aromatic rings. The molecule has 1 aromatic carbocycles. The van der Waals surface area contributed by atoms with Gasteiger partial charge in [0.05, 0.1) is 9.92 Å². The average molecular weight is 460 g/mol. The fourth-order valence-electron chi connectivity index (χ4n) is 4.29. The van der Waals surface area contributed by atoms with Crippen LogP contribution in [0.4, 0.5) is 4.39 Å². The summed E-state index contributed by atoms with van der Waals surface area (Å²) < 4.78 is 40.7. The molecule has 1 N–H and O–H groups in total. The van der Waals surface area contributed by atoms with Gasteiger partial charge in [-0.15, -0.1) is 0 Å². The summed E-state index contributed by atoms with van der Waals surface area (Å²) in [6.07, 6.45) is 3.21. The zero-order chi connectivity index (χ0) is 21.9. The van der Waals surface area contributed by atoms with Gasteiger partial charge in [0, 0.05) is 44.7 Å². The van der Waals surface area contributed by atoms with Gasteiger partial charge < -0.3 is 4.90 Å². The summed E-state index contributed by atoms with van der Waals surface area (Å²) in [5, 5.41) is -0.217. The van der Waals surface area contributed by atoms with E-state index in [1.807, 2.05) is 4.90 Å². The third kappa shape index (κ3) is 5.72. The standard InChI is InChI=1S/C21H31ClFN3O3S/c1-15(2)25-9-11-26(12-10-25)21(27)17-5-3-16(4-6-17)14-24-30(28,29)18-7-8-20(23)19(22)13-18/h7-8,13,15-17,24H,3-6,9-12,14H2,1-2H3. The maximum atomic E-state index is 13.3. The minimum absolute atomic E-state index is 0.0411. The number of sulfonamides is 1. The van der Waals surface area contributed by atoms with E-state index in [9.17, 15) is 17.6 Å². The lowest BCUT2D eigenvalue weighted by molar-refractivity contribution is -0.138. The largest absolute Gasteiger partial charge is 0.340 e. The van der Waals surface area contributed by atoms with Crippen molar-refractivity contribution in [2.45, 2.75) is 50.5 Å². The molecule has 6 nitrogen and oxygen atoms in total. The first-order valence-corrected chi connectivity index (χ1v) is 12.5. The van der Waals surface area contributed by atoms with Gasteiger partial charge >= 0.3 is 0 Å². The molecule has 9 heteroatoms. The van der Waals surface area contributed by atoms with Gasteiger partial charge in [-0.3, -0.25) is 9.69 Å². The Kier molecular flexibility index (Phi) is 7.76. The number of piperazine rings is 1. The molecule has 0 bridgehead atoms. The Hall–Kier alpha value is -1.22. The van der Waals surface area contributed by atoms with Gasteiger partial charge in [0.25, 0.3) is 0 Å². The number of nitrogens with zero attached hydrogens (tertiary/aromatic N) is 2. The molecule has 0 atom stereocenters. The average Bonchev–Trinajstić information content (AvgIpc) is 2.74. The Balaban J connectivity index is 1.45. The van der Waals surface area contributed by atoms with Crippen LogP contribution in [0.3, 0.4) is 0 Å². The van der Waals surface area contributed by atoms with Crippen molar-refractivity contribution in [1.29, 1.82) is 0 Å². The van der Waals surface area contributed by atoms with E-state index in [0.717, 1.165) is 64.0 Å². The van der Waals surface area contributed by atoms with Gasteiger partial charge in [0.1, 0.15) is 5.82 Å². The van der Waals surface area contributed by atoms with Crippen molar-refractivity contribution in [3.05, 3.63) is 29.0 Å². The highest BCUT2D eigenvalue weighted by molar-refractivity contribution is 7.89. The maximum absolute atomic E-state index is 13.3. The second-order valence-electron chi connectivity index (χ2n) is 8.60. The number of carbonyl (C=O) groups excluding carboxylic acids is 1. The zero-order valence-electron chi connectivity index (χ0n) is 17.6. The molecule has 0 aromatic heterocycles. The molecule has 1 amide bonds. The van der Waals surface area contributed by atoms with Crippen LogP contribution < -0.4 is 4.72 Å². The predicted octanol–water partition coefficient (Wildman–Crippen LogP) is 3.12. The summed E-state index contributed by atoms with van der Waals surface area (Å²) in [4.78, 5) is 17.2. The SMILES string of the molecule is CC(C)N1CCN(C(=O)C2CCC(CNS(=O)(=O)c3ccc(F)c(Cl)c3)CC2)CC1. The maximum Gasteiger partial charge on any atom is 0.240 e. The Morgan fingerprint density at radius 1 is 1.17 bits per heavy atom. The summed E-state index contributed by atoms with van der Waals surface area (Å²) in [6.45, 7) is 8.09. The Morgan fingerprint density at radius 2 is 1.80 bits per heavy atom. The molecule has 0 radical (unpaired) electrons. The van der Waals surface area contributed by atoms with Crippen molar-refractivity contribution >= 4 is 27.5 Å². The number of hydrogen-bond donors (Lipinski definition) is 1. The number of nitrogens with one attached hydrogen (secondary N) is 1. The van der Waals surface area contributed by atoms with Crippen LogP contribution in [0.5, 0.6) is 0 Å². The Morgan fingerprint density at radius 3 is 2.37 bits per heavy atom. The lowest BCUT2D eigenvalue weighted by Crippen LogP contribution is -2.52. The highest BCUT2D eigenvalue weighted by atomic mass is 35.5. The molecule has 168 valence electrons. The number of hydrogen-bond acceptors (Lipinski definition) is 4. The van der Waals surface area contributed by atoms with Gasteiger partial charge in [-0.25, -0.2) is 17.5 Å². The van der Waals surface area contributed by atoms with Crippen molar-refractivity contribution in [2.75, 3.05) is 32.7 Å². The van der Waals surface area contributed by atoms with E-state index in [2.05, 4.69) is 23.5 Å². The minimum atomic E-state index is -3.74. The minimum Gasteiger partial charge on any atom is -0.340 e. The van der Waals surface area contributed by atoms with Crippen LogP contribution in [0.15, 0.2) is 23.1 Å². The lowest BCUT2D eigenvalue weighted by Gasteiger charge is -2.39. The van der Waals surface area contributed by atoms with E-state index >= 15 is 0 Å². The van der Waals surface area contributed by atoms with Crippen LogP contribution in [0.1, 0.15) is 39.5 Å². The third-order valence-electron chi connectivity index (χ3n) is 6.32. The van der Waals surface area contributed by atoms with Gasteiger partial charge in [0.15, 0.2) is 0 Å². The molecule has 1 saturated carbocycles. The van der Waals surface area contributed by atoms with Crippen molar-refractivity contribution in [2.24, 2.45) is 11.8 Å². The van der Waals surface area contributed by atoms with Crippen molar-refractivity contribution in [3.63, 3.8) is 0 Å². The molecule has 1 saturated heterocycles. The fraction of sp³-hybridized carbons (Fsp3) is 0.667. The predicted molar refractivity (Wildman–Crippen MR) is 115 cm³/mol. The molecule has 3 rings (SSSR count). The summed E-state index contributed by atoms with van der Waals surface area (Å²) >= 11 is 5.70. The molecule has 0 spiro atoms. The highest BCUT2D eigenvalue weighted by Gasteiger charge is 2.32. The van der Waals surface area contributed by atoms with E-state index in [1.54, 1.807) is 0 Å². The smallest absolute Gasteiger partial charge is 0.240 e. The van der Waals surface area contributed by atoms with Crippen LogP contribution in [-0.4, -0.2) is 62.9 Å². The van der Waals surface area contributed by atoms with Crippen LogP contribution >= 0.6 is 11.6 Å².